The molecule has 182 valence electrons. The van der Waals surface area contributed by atoms with Crippen LogP contribution in [0.1, 0.15) is 55.6 Å². The second-order valence-electron chi connectivity index (χ2n) is 10.4. The highest BCUT2D eigenvalue weighted by Gasteiger charge is 2.34. The molecule has 1 N–H and O–H groups in total. The van der Waals surface area contributed by atoms with Crippen molar-refractivity contribution in [1.29, 1.82) is 0 Å². The molecule has 0 spiro atoms. The second kappa shape index (κ2) is 8.52. The van der Waals surface area contributed by atoms with E-state index in [9.17, 15) is 14.7 Å². The van der Waals surface area contributed by atoms with E-state index >= 15 is 0 Å². The van der Waals surface area contributed by atoms with Crippen molar-refractivity contribution in [3.63, 3.8) is 0 Å². The molecule has 2 aliphatic heterocycles. The van der Waals surface area contributed by atoms with Crippen LogP contribution < -0.4 is 15.1 Å². The van der Waals surface area contributed by atoms with Gasteiger partial charge in [-0.05, 0) is 42.4 Å². The number of ether oxygens (including phenoxy) is 1. The maximum atomic E-state index is 12.6. The van der Waals surface area contributed by atoms with Crippen LogP contribution in [-0.4, -0.2) is 45.8 Å². The van der Waals surface area contributed by atoms with Gasteiger partial charge < -0.3 is 19.3 Å². The molecule has 8 heteroatoms. The van der Waals surface area contributed by atoms with Crippen molar-refractivity contribution in [2.24, 2.45) is 5.41 Å². The zero-order chi connectivity index (χ0) is 24.9. The van der Waals surface area contributed by atoms with Crippen LogP contribution >= 0.6 is 0 Å². The summed E-state index contributed by atoms with van der Waals surface area (Å²) in [4.78, 5) is 35.7. The number of benzene rings is 1. The number of aromatic carboxylic acids is 1. The van der Waals surface area contributed by atoms with Crippen molar-refractivity contribution in [2.75, 3.05) is 25.1 Å². The molecule has 8 nitrogen and oxygen atoms in total. The zero-order valence-corrected chi connectivity index (χ0v) is 20.5. The largest absolute Gasteiger partial charge is 0.496 e. The Morgan fingerprint density at radius 3 is 2.37 bits per heavy atom. The Kier molecular flexibility index (Phi) is 5.62. The lowest BCUT2D eigenvalue weighted by Gasteiger charge is -2.39. The minimum absolute atomic E-state index is 0.0289. The second-order valence-corrected chi connectivity index (χ2v) is 10.4. The van der Waals surface area contributed by atoms with E-state index < -0.39 is 11.4 Å². The third kappa shape index (κ3) is 4.07. The summed E-state index contributed by atoms with van der Waals surface area (Å²) in [6.07, 6.45) is 8.19. The molecule has 2 aromatic heterocycles. The lowest BCUT2D eigenvalue weighted by atomic mass is 9.78. The van der Waals surface area contributed by atoms with E-state index in [1.165, 1.54) is 12.3 Å². The minimum atomic E-state index is -1.21. The van der Waals surface area contributed by atoms with Gasteiger partial charge in [-0.2, -0.15) is 0 Å². The zero-order valence-electron chi connectivity index (χ0n) is 20.5. The first-order valence-corrected chi connectivity index (χ1v) is 12.0. The number of pyridine rings is 1. The first-order chi connectivity index (χ1) is 16.7. The smallest absolute Gasteiger partial charge is 0.341 e. The van der Waals surface area contributed by atoms with Gasteiger partial charge in [-0.25, -0.2) is 14.8 Å². The summed E-state index contributed by atoms with van der Waals surface area (Å²) in [5.41, 5.74) is 3.52. The van der Waals surface area contributed by atoms with Crippen molar-refractivity contribution in [2.45, 2.75) is 46.1 Å². The highest BCUT2D eigenvalue weighted by molar-refractivity contribution is 5.88. The average Bonchev–Trinajstić information content (AvgIpc) is 3.36. The number of nitrogens with zero attached hydrogens (tertiary/aromatic N) is 4. The fraction of sp³-hybridized carbons (Fsp3) is 0.407. The highest BCUT2D eigenvalue weighted by atomic mass is 16.5. The van der Waals surface area contributed by atoms with Crippen LogP contribution in [0.4, 0.5) is 5.95 Å². The fourth-order valence-electron chi connectivity index (χ4n) is 5.18. The summed E-state index contributed by atoms with van der Waals surface area (Å²) < 4.78 is 7.69. The van der Waals surface area contributed by atoms with E-state index in [0.29, 0.717) is 17.9 Å². The molecule has 0 amide bonds. The molecule has 1 atom stereocenters. The molecule has 1 unspecified atom stereocenters. The number of fused-ring (bicyclic) bond motifs is 3. The molecule has 0 saturated carbocycles. The first kappa shape index (κ1) is 23.1. The number of carboxylic acid groups (broad SMARTS) is 1. The van der Waals surface area contributed by atoms with Crippen LogP contribution in [0, 0.1) is 5.41 Å². The SMILES string of the molecule is COc1cc2c(cc1-c1cnc(N3CCCC3)nc1)CC(C(C)(C)C)n1cc(C(=O)O)c(=O)cc1-2. The van der Waals surface area contributed by atoms with Crippen LogP contribution in [0.2, 0.25) is 0 Å². The van der Waals surface area contributed by atoms with Gasteiger partial charge in [-0.15, -0.1) is 0 Å². The topological polar surface area (TPSA) is 97.6 Å². The van der Waals surface area contributed by atoms with E-state index in [1.807, 2.05) is 23.0 Å². The molecule has 35 heavy (non-hydrogen) atoms. The number of hydrogen-bond donors (Lipinski definition) is 1. The van der Waals surface area contributed by atoms with Crippen LogP contribution in [0.3, 0.4) is 0 Å². The number of carbonyl (C=O) groups is 1. The molecule has 1 saturated heterocycles. The predicted octanol–water partition coefficient (Wildman–Crippen LogP) is 4.42. The quantitative estimate of drug-likeness (QED) is 0.598. The Morgan fingerprint density at radius 2 is 1.77 bits per heavy atom. The fourth-order valence-corrected chi connectivity index (χ4v) is 5.18. The van der Waals surface area contributed by atoms with E-state index in [1.54, 1.807) is 7.11 Å². The normalized spacial score (nSPS) is 17.1. The van der Waals surface area contributed by atoms with Gasteiger partial charge >= 0.3 is 5.97 Å². The molecular weight excluding hydrogens is 444 g/mol. The summed E-state index contributed by atoms with van der Waals surface area (Å²) in [5, 5.41) is 9.54. The number of hydrogen-bond acceptors (Lipinski definition) is 6. The molecule has 0 aliphatic carbocycles. The van der Waals surface area contributed by atoms with Crippen LogP contribution in [0.5, 0.6) is 5.75 Å². The van der Waals surface area contributed by atoms with Gasteiger partial charge in [0.05, 0.1) is 12.8 Å². The molecular formula is C27H30N4O4. The lowest BCUT2D eigenvalue weighted by molar-refractivity contribution is 0.0693. The van der Waals surface area contributed by atoms with Gasteiger partial charge in [-0.3, -0.25) is 4.79 Å². The van der Waals surface area contributed by atoms with Gasteiger partial charge in [0.25, 0.3) is 0 Å². The molecule has 0 bridgehead atoms. The van der Waals surface area contributed by atoms with Crippen molar-refractivity contribution in [3.05, 3.63) is 58.1 Å². The third-order valence-electron chi connectivity index (χ3n) is 7.10. The van der Waals surface area contributed by atoms with Gasteiger partial charge in [0, 0.05) is 60.5 Å². The Morgan fingerprint density at radius 1 is 1.09 bits per heavy atom. The Bertz CT molecular complexity index is 1350. The standard InChI is InChI=1S/C27H30N4O4/c1-27(2,3)24-10-16-9-19(17-13-28-26(29-14-17)30-7-5-6-8-30)23(35-4)11-18(16)21-12-22(32)20(25(33)34)15-31(21)24/h9,11-15,24H,5-8,10H2,1-4H3,(H,33,34). The molecule has 4 heterocycles. The summed E-state index contributed by atoms with van der Waals surface area (Å²) in [5.74, 6) is 0.185. The Labute approximate surface area is 204 Å². The molecule has 3 aromatic rings. The summed E-state index contributed by atoms with van der Waals surface area (Å²) in [6.45, 7) is 8.34. The molecule has 1 fully saturated rings. The monoisotopic (exact) mass is 474 g/mol. The van der Waals surface area contributed by atoms with E-state index in [2.05, 4.69) is 41.7 Å². The molecule has 2 aliphatic rings. The van der Waals surface area contributed by atoms with Crippen LogP contribution in [0.25, 0.3) is 22.4 Å². The molecule has 1 aromatic carbocycles. The van der Waals surface area contributed by atoms with Crippen LogP contribution in [0.15, 0.2) is 41.6 Å². The third-order valence-corrected chi connectivity index (χ3v) is 7.10. The van der Waals surface area contributed by atoms with Gasteiger partial charge in [0.2, 0.25) is 5.95 Å². The van der Waals surface area contributed by atoms with Crippen molar-refractivity contribution >= 4 is 11.9 Å². The van der Waals surface area contributed by atoms with Gasteiger partial charge in [-0.1, -0.05) is 20.8 Å². The summed E-state index contributed by atoms with van der Waals surface area (Å²) in [6, 6.07) is 5.44. The van der Waals surface area contributed by atoms with Crippen molar-refractivity contribution in [3.8, 4) is 28.1 Å². The van der Waals surface area contributed by atoms with E-state index in [0.717, 1.165) is 54.1 Å². The predicted molar refractivity (Wildman–Crippen MR) is 134 cm³/mol. The molecule has 0 radical (unpaired) electrons. The number of carboxylic acids is 1. The average molecular weight is 475 g/mol. The highest BCUT2D eigenvalue weighted by Crippen LogP contribution is 2.45. The number of anilines is 1. The minimum Gasteiger partial charge on any atom is -0.496 e. The van der Waals surface area contributed by atoms with Gasteiger partial charge in [0.15, 0.2) is 5.43 Å². The molecule has 5 rings (SSSR count). The summed E-state index contributed by atoms with van der Waals surface area (Å²) in [7, 11) is 1.62. The Hall–Kier alpha value is -3.68. The van der Waals surface area contributed by atoms with Gasteiger partial charge in [0.1, 0.15) is 11.3 Å². The number of methoxy groups -OCH3 is 1. The first-order valence-electron chi connectivity index (χ1n) is 12.0. The number of aromatic nitrogens is 3. The number of rotatable bonds is 4. The van der Waals surface area contributed by atoms with Crippen molar-refractivity contribution in [1.82, 2.24) is 14.5 Å². The lowest BCUT2D eigenvalue weighted by Crippen LogP contribution is -2.32. The van der Waals surface area contributed by atoms with Crippen molar-refractivity contribution < 1.29 is 14.6 Å². The van der Waals surface area contributed by atoms with E-state index in [-0.39, 0.29) is 17.0 Å². The summed E-state index contributed by atoms with van der Waals surface area (Å²) >= 11 is 0. The van der Waals surface area contributed by atoms with Crippen LogP contribution in [-0.2, 0) is 6.42 Å². The van der Waals surface area contributed by atoms with E-state index in [4.69, 9.17) is 4.74 Å². The maximum absolute atomic E-state index is 12.6. The maximum Gasteiger partial charge on any atom is 0.341 e. The Balaban J connectivity index is 1.64.